The maximum Gasteiger partial charge on any atom is 0.192 e. The summed E-state index contributed by atoms with van der Waals surface area (Å²) in [7, 11) is -1.73. The highest BCUT2D eigenvalue weighted by Gasteiger charge is 2.56. The predicted molar refractivity (Wildman–Crippen MR) is 164 cm³/mol. The average Bonchev–Trinajstić information content (AvgIpc) is 3.20. The van der Waals surface area contributed by atoms with Crippen LogP contribution in [0.1, 0.15) is 86.5 Å². The Morgan fingerprint density at radius 1 is 1.05 bits per heavy atom. The molecule has 1 aromatic rings. The van der Waals surface area contributed by atoms with Crippen molar-refractivity contribution in [2.75, 3.05) is 5.75 Å². The van der Waals surface area contributed by atoms with Crippen LogP contribution in [0.4, 0.5) is 0 Å². The maximum atomic E-state index is 6.93. The summed E-state index contributed by atoms with van der Waals surface area (Å²) in [5, 5.41) is 0.284. The van der Waals surface area contributed by atoms with Gasteiger partial charge >= 0.3 is 0 Å². The van der Waals surface area contributed by atoms with Gasteiger partial charge in [-0.05, 0) is 104 Å². The fourth-order valence-electron chi connectivity index (χ4n) is 8.46. The van der Waals surface area contributed by atoms with Crippen LogP contribution in [-0.2, 0) is 4.43 Å². The van der Waals surface area contributed by atoms with Crippen molar-refractivity contribution in [3.05, 3.63) is 53.6 Å². The van der Waals surface area contributed by atoms with E-state index in [1.54, 1.807) is 5.57 Å². The minimum atomic E-state index is -1.73. The summed E-state index contributed by atoms with van der Waals surface area (Å²) in [6.45, 7) is 19.8. The van der Waals surface area contributed by atoms with Gasteiger partial charge in [-0.15, -0.1) is 11.8 Å². The Labute approximate surface area is 233 Å². The van der Waals surface area contributed by atoms with Crippen molar-refractivity contribution in [3.63, 3.8) is 0 Å². The Balaban J connectivity index is 1.29. The Kier molecular flexibility index (Phi) is 7.51. The molecule has 37 heavy (non-hydrogen) atoms. The second kappa shape index (κ2) is 10.0. The third-order valence-electron chi connectivity index (χ3n) is 11.7. The normalized spacial score (nSPS) is 36.6. The molecule has 7 atom stereocenters. The second-order valence-electron chi connectivity index (χ2n) is 14.9. The average molecular weight is 537 g/mol. The van der Waals surface area contributed by atoms with E-state index in [1.165, 1.54) is 49.2 Å². The topological polar surface area (TPSA) is 9.23 Å². The van der Waals surface area contributed by atoms with Gasteiger partial charge in [-0.2, -0.15) is 0 Å². The molecule has 2 saturated carbocycles. The smallest absolute Gasteiger partial charge is 0.192 e. The van der Waals surface area contributed by atoms with Gasteiger partial charge in [-0.1, -0.05) is 83.0 Å². The lowest BCUT2D eigenvalue weighted by Gasteiger charge is -2.54. The molecule has 0 bridgehead atoms. The van der Waals surface area contributed by atoms with Gasteiger partial charge in [0.1, 0.15) is 0 Å². The van der Waals surface area contributed by atoms with Gasteiger partial charge in [-0.25, -0.2) is 0 Å². The van der Waals surface area contributed by atoms with Crippen LogP contribution in [0.3, 0.4) is 0 Å². The standard InChI is InChI=1S/C34H52OSSi/c1-24(23-36-27-12-10-9-11-13-27)29-16-17-30-28-15-14-25-22-26(35-37(7,8)32(2,3)4)18-20-33(25,5)31(28)19-21-34(29,30)6/h9-14,19,24,26,28-30H,15-18,20-23H2,1-8H3/t24-,26+,28+,29-,30+,33+,34-/m1/s1. The van der Waals surface area contributed by atoms with Crippen LogP contribution in [0.5, 0.6) is 0 Å². The maximum absolute atomic E-state index is 6.93. The SMILES string of the molecule is C[C@H](CSc1ccccc1)[C@H]1CC[C@H]2[C@@H]3CC=C4C[C@@H](O[Si](C)(C)C(C)(C)C)CC[C@]4(C)C3=CC[C@]12C. The summed E-state index contributed by atoms with van der Waals surface area (Å²) >= 11 is 2.06. The van der Waals surface area contributed by atoms with Gasteiger partial charge in [0.15, 0.2) is 8.32 Å². The molecule has 2 fully saturated rings. The molecular formula is C34H52OSSi. The van der Waals surface area contributed by atoms with E-state index in [0.717, 1.165) is 30.1 Å². The molecule has 0 unspecified atom stereocenters. The van der Waals surface area contributed by atoms with E-state index in [1.807, 2.05) is 5.57 Å². The lowest BCUT2D eigenvalue weighted by molar-refractivity contribution is 0.0647. The number of hydrogen-bond donors (Lipinski definition) is 0. The third kappa shape index (κ3) is 5.00. The van der Waals surface area contributed by atoms with Crippen molar-refractivity contribution in [1.29, 1.82) is 0 Å². The van der Waals surface area contributed by atoms with E-state index in [4.69, 9.17) is 4.43 Å². The molecule has 0 aromatic heterocycles. The van der Waals surface area contributed by atoms with Crippen LogP contribution >= 0.6 is 11.8 Å². The van der Waals surface area contributed by atoms with Gasteiger partial charge in [0, 0.05) is 22.2 Å². The summed E-state index contributed by atoms with van der Waals surface area (Å²) in [6, 6.07) is 11.0. The molecule has 0 saturated heterocycles. The van der Waals surface area contributed by atoms with E-state index in [9.17, 15) is 0 Å². The fraction of sp³-hybridized carbons (Fsp3) is 0.706. The first kappa shape index (κ1) is 27.8. The molecule has 0 spiro atoms. The number of thioether (sulfide) groups is 1. The van der Waals surface area contributed by atoms with Crippen LogP contribution in [-0.4, -0.2) is 20.2 Å². The molecule has 0 heterocycles. The highest BCUT2D eigenvalue weighted by Crippen LogP contribution is 2.65. The summed E-state index contributed by atoms with van der Waals surface area (Å²) in [4.78, 5) is 1.42. The van der Waals surface area contributed by atoms with E-state index in [0.29, 0.717) is 11.5 Å². The molecule has 3 heteroatoms. The first-order chi connectivity index (χ1) is 17.3. The van der Waals surface area contributed by atoms with Crippen molar-refractivity contribution in [3.8, 4) is 0 Å². The molecule has 1 aromatic carbocycles. The number of fused-ring (bicyclic) bond motifs is 5. The molecule has 0 aliphatic heterocycles. The van der Waals surface area contributed by atoms with Crippen LogP contribution in [0.25, 0.3) is 0 Å². The van der Waals surface area contributed by atoms with Gasteiger partial charge in [0.2, 0.25) is 0 Å². The van der Waals surface area contributed by atoms with Crippen molar-refractivity contribution in [2.45, 2.75) is 116 Å². The minimum absolute atomic E-state index is 0.282. The van der Waals surface area contributed by atoms with Gasteiger partial charge < -0.3 is 4.43 Å². The predicted octanol–water partition coefficient (Wildman–Crippen LogP) is 10.3. The summed E-state index contributed by atoms with van der Waals surface area (Å²) in [5.41, 5.74) is 4.28. The number of hydrogen-bond acceptors (Lipinski definition) is 2. The quantitative estimate of drug-likeness (QED) is 0.203. The van der Waals surface area contributed by atoms with E-state index >= 15 is 0 Å². The highest BCUT2D eigenvalue weighted by molar-refractivity contribution is 7.99. The molecule has 0 radical (unpaired) electrons. The third-order valence-corrected chi connectivity index (χ3v) is 17.6. The van der Waals surface area contributed by atoms with Crippen molar-refractivity contribution >= 4 is 20.1 Å². The van der Waals surface area contributed by atoms with Gasteiger partial charge in [0.05, 0.1) is 0 Å². The first-order valence-electron chi connectivity index (χ1n) is 15.1. The summed E-state index contributed by atoms with van der Waals surface area (Å²) in [6.07, 6.45) is 14.9. The first-order valence-corrected chi connectivity index (χ1v) is 19.0. The zero-order valence-electron chi connectivity index (χ0n) is 24.9. The fourth-order valence-corrected chi connectivity index (χ4v) is 10.9. The largest absolute Gasteiger partial charge is 0.414 e. The number of benzene rings is 1. The molecule has 0 N–H and O–H groups in total. The Morgan fingerprint density at radius 3 is 2.49 bits per heavy atom. The minimum Gasteiger partial charge on any atom is -0.414 e. The zero-order valence-corrected chi connectivity index (χ0v) is 26.7. The van der Waals surface area contributed by atoms with Gasteiger partial charge in [-0.3, -0.25) is 0 Å². The molecule has 0 amide bonds. The Hall–Kier alpha value is -0.773. The van der Waals surface area contributed by atoms with Crippen LogP contribution in [0, 0.1) is 34.5 Å². The monoisotopic (exact) mass is 536 g/mol. The van der Waals surface area contributed by atoms with Crippen LogP contribution in [0.15, 0.2) is 58.5 Å². The zero-order chi connectivity index (χ0) is 26.6. The Morgan fingerprint density at radius 2 is 1.78 bits per heavy atom. The molecule has 5 rings (SSSR count). The van der Waals surface area contributed by atoms with Crippen LogP contribution in [0.2, 0.25) is 18.1 Å². The summed E-state index contributed by atoms with van der Waals surface area (Å²) < 4.78 is 6.93. The van der Waals surface area contributed by atoms with E-state index in [2.05, 4.69) is 109 Å². The molecule has 1 nitrogen and oxygen atoms in total. The number of allylic oxidation sites excluding steroid dienone is 3. The van der Waals surface area contributed by atoms with E-state index < -0.39 is 8.32 Å². The van der Waals surface area contributed by atoms with Crippen LogP contribution < -0.4 is 0 Å². The second-order valence-corrected chi connectivity index (χ2v) is 20.8. The van der Waals surface area contributed by atoms with Crippen molar-refractivity contribution < 1.29 is 4.43 Å². The molecule has 4 aliphatic rings. The van der Waals surface area contributed by atoms with Crippen molar-refractivity contribution in [2.24, 2.45) is 34.5 Å². The highest BCUT2D eigenvalue weighted by atomic mass is 32.2. The lowest BCUT2D eigenvalue weighted by atomic mass is 9.51. The molecule has 204 valence electrons. The lowest BCUT2D eigenvalue weighted by Crippen LogP contribution is -2.48. The Bertz CT molecular complexity index is 1040. The summed E-state index contributed by atoms with van der Waals surface area (Å²) in [5.74, 6) is 4.49. The van der Waals surface area contributed by atoms with Gasteiger partial charge in [0.25, 0.3) is 0 Å². The van der Waals surface area contributed by atoms with E-state index in [-0.39, 0.29) is 10.5 Å². The number of rotatable bonds is 6. The van der Waals surface area contributed by atoms with Crippen molar-refractivity contribution in [1.82, 2.24) is 0 Å². The molecular weight excluding hydrogens is 485 g/mol. The molecule has 4 aliphatic carbocycles.